The maximum Gasteiger partial charge on any atom is 0.298 e. The molecule has 1 rings (SSSR count). The molecule has 0 aliphatic carbocycles. The van der Waals surface area contributed by atoms with E-state index in [0.717, 1.165) is 6.20 Å². The van der Waals surface area contributed by atoms with E-state index in [-0.39, 0.29) is 11.3 Å². The van der Waals surface area contributed by atoms with E-state index in [1.54, 1.807) is 6.07 Å². The summed E-state index contributed by atoms with van der Waals surface area (Å²) in [6.45, 7) is 0. The molecule has 0 saturated carbocycles. The fourth-order valence-electron chi connectivity index (χ4n) is 1.28. The van der Waals surface area contributed by atoms with Crippen LogP contribution in [-0.4, -0.2) is 35.5 Å². The molecule has 0 saturated heterocycles. The minimum absolute atomic E-state index is 0.0192. The molecule has 0 amide bonds. The normalized spacial score (nSPS) is 11.8. The number of Topliss-reactive ketones (excluding diaryl/α,β-unsaturated/α-hetero) is 2. The molecule has 0 aromatic carbocycles. The van der Waals surface area contributed by atoms with Crippen LogP contribution in [0.5, 0.6) is 5.75 Å². The number of pyridine rings is 1. The van der Waals surface area contributed by atoms with Crippen LogP contribution in [-0.2, 0) is 4.79 Å². The van der Waals surface area contributed by atoms with Gasteiger partial charge in [-0.3, -0.25) is 9.59 Å². The minimum atomic E-state index is -3.36. The van der Waals surface area contributed by atoms with Gasteiger partial charge >= 0.3 is 0 Å². The van der Waals surface area contributed by atoms with E-state index in [1.165, 1.54) is 13.2 Å². The Morgan fingerprint density at radius 3 is 2.63 bits per heavy atom. The number of alkyl halides is 3. The zero-order chi connectivity index (χ0) is 14.6. The first-order valence-corrected chi connectivity index (χ1v) is 5.31. The molecule has 0 aliphatic heterocycles. The van der Waals surface area contributed by atoms with Crippen molar-refractivity contribution in [3.8, 4) is 11.8 Å². The van der Waals surface area contributed by atoms with Gasteiger partial charge in [0.05, 0.1) is 12.7 Å². The molecular formula is C11H7ClF2N2O3. The Morgan fingerprint density at radius 2 is 2.16 bits per heavy atom. The second-order valence-electron chi connectivity index (χ2n) is 3.28. The SMILES string of the molecule is COc1c(C#N)ccnc1C(=O)C(Cl)C(=O)C(F)F. The molecule has 100 valence electrons. The predicted octanol–water partition coefficient (Wildman–Crippen LogP) is 1.59. The summed E-state index contributed by atoms with van der Waals surface area (Å²) in [4.78, 5) is 26.4. The van der Waals surface area contributed by atoms with E-state index in [0.29, 0.717) is 0 Å². The Labute approximate surface area is 111 Å². The second kappa shape index (κ2) is 6.20. The highest BCUT2D eigenvalue weighted by Crippen LogP contribution is 2.24. The van der Waals surface area contributed by atoms with Gasteiger partial charge in [-0.2, -0.15) is 5.26 Å². The maximum absolute atomic E-state index is 12.2. The summed E-state index contributed by atoms with van der Waals surface area (Å²) in [5.41, 5.74) is -0.454. The zero-order valence-corrected chi connectivity index (χ0v) is 10.3. The third kappa shape index (κ3) is 3.03. The number of nitrogens with zero attached hydrogens (tertiary/aromatic N) is 2. The molecule has 0 N–H and O–H groups in total. The van der Waals surface area contributed by atoms with Gasteiger partial charge in [0.2, 0.25) is 11.6 Å². The van der Waals surface area contributed by atoms with Gasteiger partial charge < -0.3 is 4.74 Å². The molecule has 1 atom stereocenters. The van der Waals surface area contributed by atoms with Crippen LogP contribution in [0.25, 0.3) is 0 Å². The fourth-order valence-corrected chi connectivity index (χ4v) is 1.48. The predicted molar refractivity (Wildman–Crippen MR) is 60.5 cm³/mol. The van der Waals surface area contributed by atoms with Gasteiger partial charge in [-0.15, -0.1) is 11.6 Å². The largest absolute Gasteiger partial charge is 0.493 e. The average Bonchev–Trinajstić information content (AvgIpc) is 2.43. The Hall–Kier alpha value is -2.07. The lowest BCUT2D eigenvalue weighted by molar-refractivity contribution is -0.128. The second-order valence-corrected chi connectivity index (χ2v) is 3.72. The summed E-state index contributed by atoms with van der Waals surface area (Å²) in [7, 11) is 1.17. The Bertz CT molecular complexity index is 557. The summed E-state index contributed by atoms with van der Waals surface area (Å²) in [6, 6.07) is 3.01. The summed E-state index contributed by atoms with van der Waals surface area (Å²) in [6.07, 6.45) is -2.25. The zero-order valence-electron chi connectivity index (χ0n) is 9.56. The average molecular weight is 289 g/mol. The molecule has 0 aliphatic rings. The summed E-state index contributed by atoms with van der Waals surface area (Å²) >= 11 is 5.38. The van der Waals surface area contributed by atoms with Crippen LogP contribution in [0.4, 0.5) is 8.78 Å². The van der Waals surface area contributed by atoms with Gasteiger partial charge in [0, 0.05) is 6.20 Å². The Morgan fingerprint density at radius 1 is 1.53 bits per heavy atom. The van der Waals surface area contributed by atoms with Gasteiger partial charge in [-0.1, -0.05) is 0 Å². The first kappa shape index (κ1) is 15.0. The molecule has 1 unspecified atom stereocenters. The van der Waals surface area contributed by atoms with Crippen LogP contribution >= 0.6 is 11.6 Å². The number of ketones is 2. The van der Waals surface area contributed by atoms with Gasteiger partial charge in [0.15, 0.2) is 16.8 Å². The van der Waals surface area contributed by atoms with Crippen molar-refractivity contribution in [1.82, 2.24) is 4.98 Å². The molecule has 0 bridgehead atoms. The number of carbonyl (C=O) groups is 2. The van der Waals surface area contributed by atoms with Gasteiger partial charge in [-0.05, 0) is 6.07 Å². The Kier molecular flexibility index (Phi) is 4.89. The first-order chi connectivity index (χ1) is 8.93. The molecule has 1 heterocycles. The van der Waals surface area contributed by atoms with E-state index in [9.17, 15) is 18.4 Å². The molecule has 0 fully saturated rings. The van der Waals surface area contributed by atoms with Crippen LogP contribution in [0.3, 0.4) is 0 Å². The van der Waals surface area contributed by atoms with E-state index < -0.39 is 29.1 Å². The lowest BCUT2D eigenvalue weighted by Crippen LogP contribution is -2.30. The van der Waals surface area contributed by atoms with Crippen molar-refractivity contribution in [3.63, 3.8) is 0 Å². The number of ether oxygens (including phenoxy) is 1. The summed E-state index contributed by atoms with van der Waals surface area (Å²) < 4.78 is 29.2. The Balaban J connectivity index is 3.21. The van der Waals surface area contributed by atoms with Crippen LogP contribution in [0.15, 0.2) is 12.3 Å². The number of halogens is 3. The molecule has 0 radical (unpaired) electrons. The van der Waals surface area contributed by atoms with Crippen LogP contribution in [0.1, 0.15) is 16.1 Å². The third-order valence-electron chi connectivity index (χ3n) is 2.16. The van der Waals surface area contributed by atoms with Crippen molar-refractivity contribution >= 4 is 23.2 Å². The smallest absolute Gasteiger partial charge is 0.298 e. The monoisotopic (exact) mass is 288 g/mol. The number of hydrogen-bond donors (Lipinski definition) is 0. The van der Waals surface area contributed by atoms with Crippen molar-refractivity contribution < 1.29 is 23.1 Å². The molecule has 1 aromatic rings. The van der Waals surface area contributed by atoms with Gasteiger partial charge in [-0.25, -0.2) is 13.8 Å². The van der Waals surface area contributed by atoms with Crippen molar-refractivity contribution in [2.24, 2.45) is 0 Å². The number of carbonyl (C=O) groups excluding carboxylic acids is 2. The van der Waals surface area contributed by atoms with Crippen molar-refractivity contribution in [3.05, 3.63) is 23.5 Å². The van der Waals surface area contributed by atoms with Crippen molar-refractivity contribution in [2.75, 3.05) is 7.11 Å². The van der Waals surface area contributed by atoms with E-state index in [2.05, 4.69) is 4.98 Å². The number of nitriles is 1. The standard InChI is InChI=1S/C11H7ClF2N2O3/c1-19-10-5(4-15)2-3-16-7(10)8(17)6(12)9(18)11(13)14/h2-3,6,11H,1H3. The highest BCUT2D eigenvalue weighted by Gasteiger charge is 2.34. The molecule has 19 heavy (non-hydrogen) atoms. The lowest BCUT2D eigenvalue weighted by Gasteiger charge is -2.10. The van der Waals surface area contributed by atoms with Crippen LogP contribution in [0.2, 0.25) is 0 Å². The highest BCUT2D eigenvalue weighted by atomic mass is 35.5. The first-order valence-electron chi connectivity index (χ1n) is 4.87. The number of methoxy groups -OCH3 is 1. The van der Waals surface area contributed by atoms with E-state index >= 15 is 0 Å². The van der Waals surface area contributed by atoms with Crippen LogP contribution < -0.4 is 4.74 Å². The van der Waals surface area contributed by atoms with Crippen molar-refractivity contribution in [1.29, 1.82) is 5.26 Å². The quantitative estimate of drug-likeness (QED) is 0.467. The number of hydrogen-bond acceptors (Lipinski definition) is 5. The van der Waals surface area contributed by atoms with E-state index in [4.69, 9.17) is 21.6 Å². The van der Waals surface area contributed by atoms with Crippen LogP contribution in [0, 0.1) is 11.3 Å². The van der Waals surface area contributed by atoms with Gasteiger partial charge in [0.1, 0.15) is 6.07 Å². The topological polar surface area (TPSA) is 80.0 Å². The third-order valence-corrected chi connectivity index (χ3v) is 2.57. The minimum Gasteiger partial charge on any atom is -0.493 e. The van der Waals surface area contributed by atoms with Crippen molar-refractivity contribution in [2.45, 2.75) is 11.8 Å². The van der Waals surface area contributed by atoms with E-state index in [1.807, 2.05) is 0 Å². The molecular weight excluding hydrogens is 282 g/mol. The van der Waals surface area contributed by atoms with Gasteiger partial charge in [0.25, 0.3) is 6.43 Å². The maximum atomic E-state index is 12.2. The number of aromatic nitrogens is 1. The summed E-state index contributed by atoms with van der Waals surface area (Å²) in [5, 5.41) is 6.73. The summed E-state index contributed by atoms with van der Waals surface area (Å²) in [5.74, 6) is -3.07. The molecule has 5 nitrogen and oxygen atoms in total. The lowest BCUT2D eigenvalue weighted by atomic mass is 10.1. The number of rotatable bonds is 5. The highest BCUT2D eigenvalue weighted by molar-refractivity contribution is 6.44. The fraction of sp³-hybridized carbons (Fsp3) is 0.273. The molecule has 1 aromatic heterocycles. The molecule has 8 heteroatoms. The molecule has 0 spiro atoms.